The number of benzene rings is 2. The minimum absolute atomic E-state index is 0.0984. The highest BCUT2D eigenvalue weighted by molar-refractivity contribution is 6.09. The van der Waals surface area contributed by atoms with E-state index >= 15 is 0 Å². The average molecular weight is 514 g/mol. The molecule has 0 bridgehead atoms. The van der Waals surface area contributed by atoms with Crippen LogP contribution in [0.25, 0.3) is 0 Å². The van der Waals surface area contributed by atoms with Gasteiger partial charge in [0.2, 0.25) is 0 Å². The lowest BCUT2D eigenvalue weighted by Gasteiger charge is -2.34. The molecule has 1 unspecified atom stereocenters. The Balaban J connectivity index is 0.000000209. The highest BCUT2D eigenvalue weighted by atomic mass is 19.1. The zero-order chi connectivity index (χ0) is 27.4. The number of alkyl carbamates (subject to hydrolysis) is 1. The second-order valence-electron chi connectivity index (χ2n) is 10.4. The highest BCUT2D eigenvalue weighted by Gasteiger charge is 2.51. The van der Waals surface area contributed by atoms with Gasteiger partial charge in [-0.25, -0.2) is 14.0 Å². The van der Waals surface area contributed by atoms with Gasteiger partial charge in [-0.05, 0) is 50.8 Å². The van der Waals surface area contributed by atoms with Crippen LogP contribution >= 0.6 is 0 Å². The number of nitrogens with one attached hydrogen (secondary N) is 1. The molecule has 2 aromatic carbocycles. The van der Waals surface area contributed by atoms with E-state index < -0.39 is 46.2 Å². The Morgan fingerprint density at radius 2 is 1.54 bits per heavy atom. The maximum atomic E-state index is 13.8. The molecular weight excluding hydrogens is 481 g/mol. The SMILES string of the molecule is CC(C)(C)OC(=O)NC1(C(=O)O)CCCCC1.O=C1CC(C(=O)O)(c2ccccc2)c2cccc(F)c21. The lowest BCUT2D eigenvalue weighted by Crippen LogP contribution is -2.56. The molecule has 0 saturated heterocycles. The van der Waals surface area contributed by atoms with Crippen LogP contribution in [0.1, 0.15) is 80.8 Å². The maximum Gasteiger partial charge on any atom is 0.408 e. The largest absolute Gasteiger partial charge is 0.480 e. The van der Waals surface area contributed by atoms with Gasteiger partial charge in [-0.1, -0.05) is 61.7 Å². The number of carbonyl (C=O) groups excluding carboxylic acids is 2. The Hall–Kier alpha value is -3.75. The third-order valence-electron chi connectivity index (χ3n) is 6.67. The quantitative estimate of drug-likeness (QED) is 0.520. The molecule has 1 amide bonds. The number of hydrogen-bond acceptors (Lipinski definition) is 5. The Labute approximate surface area is 214 Å². The Bertz CT molecular complexity index is 1180. The van der Waals surface area contributed by atoms with Crippen molar-refractivity contribution in [2.45, 2.75) is 75.9 Å². The molecule has 0 heterocycles. The van der Waals surface area contributed by atoms with E-state index in [-0.39, 0.29) is 17.5 Å². The Morgan fingerprint density at radius 1 is 0.919 bits per heavy atom. The van der Waals surface area contributed by atoms with Crippen molar-refractivity contribution >= 4 is 23.8 Å². The minimum atomic E-state index is -1.49. The molecule has 0 aromatic heterocycles. The molecular formula is C28H32FNO7. The standard InChI is InChI=1S/C16H11FO3.C12H21NO4/c17-12-8-4-7-11-14(12)13(18)9-16(11,15(19)20)10-5-2-1-3-6-10;1-11(2,3)17-10(16)13-12(9(14)15)7-5-4-6-8-12/h1-8H,9H2,(H,19,20);4-8H2,1-3H3,(H,13,16)(H,14,15). The van der Waals surface area contributed by atoms with Crippen LogP contribution in [-0.2, 0) is 19.7 Å². The zero-order valence-electron chi connectivity index (χ0n) is 21.2. The summed E-state index contributed by atoms with van der Waals surface area (Å²) in [6, 6.07) is 12.6. The second kappa shape index (κ2) is 10.7. The van der Waals surface area contributed by atoms with Gasteiger partial charge in [0.05, 0.1) is 5.56 Å². The fraction of sp³-hybridized carbons (Fsp3) is 0.429. The number of carbonyl (C=O) groups is 4. The van der Waals surface area contributed by atoms with Crippen molar-refractivity contribution in [2.24, 2.45) is 0 Å². The summed E-state index contributed by atoms with van der Waals surface area (Å²) in [4.78, 5) is 46.9. The van der Waals surface area contributed by atoms with Crippen molar-refractivity contribution in [3.63, 3.8) is 0 Å². The van der Waals surface area contributed by atoms with Crippen LogP contribution in [0.4, 0.5) is 9.18 Å². The van der Waals surface area contributed by atoms with E-state index in [1.165, 1.54) is 18.2 Å². The number of fused-ring (bicyclic) bond motifs is 1. The summed E-state index contributed by atoms with van der Waals surface area (Å²) in [6.45, 7) is 5.25. The van der Waals surface area contributed by atoms with E-state index in [0.717, 1.165) is 19.3 Å². The first kappa shape index (κ1) is 27.8. The van der Waals surface area contributed by atoms with Crippen LogP contribution in [0, 0.1) is 5.82 Å². The summed E-state index contributed by atoms with van der Waals surface area (Å²) in [6.07, 6.45) is 2.71. The number of amides is 1. The third-order valence-corrected chi connectivity index (χ3v) is 6.67. The fourth-order valence-corrected chi connectivity index (χ4v) is 4.93. The van der Waals surface area contributed by atoms with Gasteiger partial charge in [0.15, 0.2) is 5.78 Å². The van der Waals surface area contributed by atoms with Crippen molar-refractivity contribution in [3.8, 4) is 0 Å². The number of ketones is 1. The van der Waals surface area contributed by atoms with Crippen molar-refractivity contribution in [1.82, 2.24) is 5.32 Å². The second-order valence-corrected chi connectivity index (χ2v) is 10.4. The van der Waals surface area contributed by atoms with E-state index in [0.29, 0.717) is 18.4 Å². The Kier molecular flexibility index (Phi) is 8.05. The van der Waals surface area contributed by atoms with Crippen molar-refractivity contribution < 1.29 is 38.5 Å². The maximum absolute atomic E-state index is 13.8. The molecule has 2 aliphatic carbocycles. The minimum Gasteiger partial charge on any atom is -0.480 e. The summed E-state index contributed by atoms with van der Waals surface area (Å²) in [5.74, 6) is -3.24. The van der Waals surface area contributed by atoms with E-state index in [1.54, 1.807) is 51.1 Å². The summed E-state index contributed by atoms with van der Waals surface area (Å²) < 4.78 is 19.0. The van der Waals surface area contributed by atoms with E-state index in [9.17, 15) is 33.8 Å². The summed E-state index contributed by atoms with van der Waals surface area (Å²) in [5, 5.41) is 21.5. The van der Waals surface area contributed by atoms with Crippen LogP contribution in [0.15, 0.2) is 48.5 Å². The average Bonchev–Trinajstić information content (AvgIpc) is 3.14. The first-order valence-electron chi connectivity index (χ1n) is 12.2. The van der Waals surface area contributed by atoms with Crippen LogP contribution in [-0.4, -0.2) is 45.2 Å². The molecule has 198 valence electrons. The van der Waals surface area contributed by atoms with Crippen molar-refractivity contribution in [2.75, 3.05) is 0 Å². The number of rotatable bonds is 4. The fourth-order valence-electron chi connectivity index (χ4n) is 4.93. The third kappa shape index (κ3) is 5.81. The van der Waals surface area contributed by atoms with E-state index in [1.807, 2.05) is 0 Å². The molecule has 1 atom stereocenters. The molecule has 8 nitrogen and oxygen atoms in total. The summed E-state index contributed by atoms with van der Waals surface area (Å²) >= 11 is 0. The van der Waals surface area contributed by atoms with Gasteiger partial charge in [-0.2, -0.15) is 0 Å². The number of ether oxygens (including phenoxy) is 1. The first-order valence-corrected chi connectivity index (χ1v) is 12.2. The number of carboxylic acid groups (broad SMARTS) is 2. The molecule has 0 radical (unpaired) electrons. The van der Waals surface area contributed by atoms with Crippen LogP contribution < -0.4 is 5.32 Å². The van der Waals surface area contributed by atoms with Gasteiger partial charge in [0.25, 0.3) is 0 Å². The summed E-state index contributed by atoms with van der Waals surface area (Å²) in [5.41, 5.74) is -2.61. The lowest BCUT2D eigenvalue weighted by molar-refractivity contribution is -0.146. The van der Waals surface area contributed by atoms with Gasteiger partial charge in [-0.15, -0.1) is 0 Å². The van der Waals surface area contributed by atoms with Crippen molar-refractivity contribution in [1.29, 1.82) is 0 Å². The molecule has 2 aliphatic rings. The molecule has 2 aromatic rings. The van der Waals surface area contributed by atoms with Gasteiger partial charge in [-0.3, -0.25) is 9.59 Å². The normalized spacial score (nSPS) is 20.2. The topological polar surface area (TPSA) is 130 Å². The van der Waals surface area contributed by atoms with Gasteiger partial charge in [0.1, 0.15) is 22.4 Å². The molecule has 37 heavy (non-hydrogen) atoms. The monoisotopic (exact) mass is 513 g/mol. The summed E-state index contributed by atoms with van der Waals surface area (Å²) in [7, 11) is 0. The molecule has 9 heteroatoms. The molecule has 0 aliphatic heterocycles. The van der Waals surface area contributed by atoms with Crippen LogP contribution in [0.3, 0.4) is 0 Å². The zero-order valence-corrected chi connectivity index (χ0v) is 21.2. The number of carboxylic acids is 2. The van der Waals surface area contributed by atoms with Crippen LogP contribution in [0.2, 0.25) is 0 Å². The van der Waals surface area contributed by atoms with Crippen molar-refractivity contribution in [3.05, 3.63) is 71.0 Å². The molecule has 4 rings (SSSR count). The number of aliphatic carboxylic acids is 2. The Morgan fingerprint density at radius 3 is 2.08 bits per heavy atom. The number of hydrogen-bond donors (Lipinski definition) is 3. The highest BCUT2D eigenvalue weighted by Crippen LogP contribution is 2.45. The lowest BCUT2D eigenvalue weighted by atomic mass is 9.75. The number of halogens is 1. The predicted octanol–water partition coefficient (Wildman–Crippen LogP) is 5.08. The molecule has 3 N–H and O–H groups in total. The molecule has 0 spiro atoms. The van der Waals surface area contributed by atoms with Gasteiger partial charge >= 0.3 is 18.0 Å². The van der Waals surface area contributed by atoms with Gasteiger partial charge in [0, 0.05) is 6.42 Å². The van der Waals surface area contributed by atoms with Crippen LogP contribution in [0.5, 0.6) is 0 Å². The van der Waals surface area contributed by atoms with E-state index in [2.05, 4.69) is 5.32 Å². The van der Waals surface area contributed by atoms with E-state index in [4.69, 9.17) is 4.74 Å². The molecule has 1 fully saturated rings. The van der Waals surface area contributed by atoms with Gasteiger partial charge < -0.3 is 20.3 Å². The predicted molar refractivity (Wildman–Crippen MR) is 133 cm³/mol. The first-order chi connectivity index (χ1) is 17.3. The smallest absolute Gasteiger partial charge is 0.408 e. The number of Topliss-reactive ketones (excluding diaryl/α,β-unsaturated/α-hetero) is 1. The molecule has 1 saturated carbocycles.